The van der Waals surface area contributed by atoms with Crippen LogP contribution in [0.5, 0.6) is 0 Å². The van der Waals surface area contributed by atoms with Gasteiger partial charge in [-0.1, -0.05) is 365 Å². The van der Waals surface area contributed by atoms with Crippen LogP contribution in [0.3, 0.4) is 0 Å². The van der Waals surface area contributed by atoms with Crippen LogP contribution in [0.25, 0.3) is 0 Å². The zero-order valence-electron chi connectivity index (χ0n) is 68.3. The number of aldehydes is 2. The summed E-state index contributed by atoms with van der Waals surface area (Å²) in [7, 11) is 0. The Morgan fingerprint density at radius 3 is 0.642 bits per heavy atom. The van der Waals surface area contributed by atoms with Gasteiger partial charge in [-0.05, 0) is 186 Å². The van der Waals surface area contributed by atoms with Gasteiger partial charge in [-0.2, -0.15) is 0 Å². The molecule has 0 saturated carbocycles. The van der Waals surface area contributed by atoms with E-state index in [1.54, 1.807) is 0 Å². The van der Waals surface area contributed by atoms with Crippen molar-refractivity contribution in [2.24, 2.45) is 35.5 Å². The second kappa shape index (κ2) is 50.6. The van der Waals surface area contributed by atoms with E-state index in [2.05, 4.69) is 203 Å². The van der Waals surface area contributed by atoms with Crippen molar-refractivity contribution >= 4 is 12.6 Å². The monoisotopic (exact) mass is 1420 g/mol. The molecule has 0 radical (unpaired) electrons. The molecule has 2 heteroatoms. The van der Waals surface area contributed by atoms with Crippen LogP contribution in [0, 0.1) is 107 Å². The van der Waals surface area contributed by atoms with Gasteiger partial charge in [-0.25, -0.2) is 0 Å². The van der Waals surface area contributed by atoms with Crippen LogP contribution in [0.1, 0.15) is 391 Å². The van der Waals surface area contributed by atoms with Crippen molar-refractivity contribution in [2.45, 2.75) is 314 Å². The lowest BCUT2D eigenvalue weighted by Gasteiger charge is -2.20. The predicted molar refractivity (Wildman–Crippen MR) is 457 cm³/mol. The largest absolute Gasteiger partial charge is 0.298 e. The molecule has 6 aromatic rings. The lowest BCUT2D eigenvalue weighted by atomic mass is 9.84. The topological polar surface area (TPSA) is 34.1 Å². The third-order valence-corrected chi connectivity index (χ3v) is 22.7. The Morgan fingerprint density at radius 2 is 0.453 bits per heavy atom. The third-order valence-electron chi connectivity index (χ3n) is 22.7. The molecule has 0 heterocycles. The summed E-state index contributed by atoms with van der Waals surface area (Å²) in [6, 6.07) is 36.3. The Labute approximate surface area is 648 Å². The minimum Gasteiger partial charge on any atom is -0.298 e. The van der Waals surface area contributed by atoms with Gasteiger partial charge in [0.2, 0.25) is 0 Å². The molecule has 6 rings (SSSR count). The Hall–Kier alpha value is -7.98. The Kier molecular flexibility index (Phi) is 41.5. The van der Waals surface area contributed by atoms with Crippen LogP contribution in [0.4, 0.5) is 0 Å². The average Bonchev–Trinajstić information content (AvgIpc) is 0.822. The second-order valence-electron chi connectivity index (χ2n) is 31.0. The molecule has 0 spiro atoms. The first-order valence-electron chi connectivity index (χ1n) is 42.6. The number of benzene rings is 6. The second-order valence-corrected chi connectivity index (χ2v) is 31.0. The molecule has 6 aromatic carbocycles. The predicted octanol–water partition coefficient (Wildman–Crippen LogP) is 27.2. The van der Waals surface area contributed by atoms with E-state index < -0.39 is 0 Å². The quantitative estimate of drug-likeness (QED) is 0.0217. The fourth-order valence-electron chi connectivity index (χ4n) is 15.3. The SMILES string of the molecule is C#Cc1cc(CC(CC)CCCCC)c(C#Cc2cc(C#Cc3cc(CC(CC)CCCCC)c(C#Cc4ccc(C=O)cc4)cc3CC(CC)CCCCC)cc(C#Cc3cc(CC(CC)CCCCC)c(C#Cc4ccc(C=O)cc4)cc3CC(CC)CCCCC)c2)cc1CC(CC)CCCCC. The summed E-state index contributed by atoms with van der Waals surface area (Å²) in [4.78, 5) is 23.4. The van der Waals surface area contributed by atoms with Gasteiger partial charge in [-0.3, -0.25) is 9.59 Å². The van der Waals surface area contributed by atoms with Crippen molar-refractivity contribution in [3.8, 4) is 71.5 Å². The first-order chi connectivity index (χ1) is 51.8. The standard InChI is InChI=1S/C104H134O2/c1-14-27-33-39-80(20-7)66-99-73-96(100(72-93(99)26-13)67-81(21-8)40-34-28-15-2)60-55-90-63-91(56-61-97-76-101(68-82(22-9)41-35-29-16-3)94(58-53-86-45-49-88(78-105)50-46-86)74-103(97)70-84(24-11)43-37-31-18-5)65-92(64-90)57-62-98-77-102(69-83(23-10)42-36-30-17-4)95(59-54-87-47-51-89(79-106)52-48-87)75-104(98)71-85(25-12)44-38-32-19-6/h13,45-52,63-65,72-85H,14-25,27-44,66-71H2,1-12H3. The molecule has 0 amide bonds. The maximum atomic E-state index is 11.7. The molecule has 0 aliphatic carbocycles. The molecule has 2 nitrogen and oxygen atoms in total. The van der Waals surface area contributed by atoms with Crippen LogP contribution in [-0.2, 0) is 38.5 Å². The summed E-state index contributed by atoms with van der Waals surface area (Å²) in [5.41, 5.74) is 19.7. The highest BCUT2D eigenvalue weighted by Gasteiger charge is 2.21. The lowest BCUT2D eigenvalue weighted by molar-refractivity contribution is 0.111. The van der Waals surface area contributed by atoms with Crippen molar-refractivity contribution in [1.82, 2.24) is 0 Å². The number of carbonyl (C=O) groups is 2. The van der Waals surface area contributed by atoms with E-state index in [0.29, 0.717) is 46.6 Å². The smallest absolute Gasteiger partial charge is 0.150 e. The van der Waals surface area contributed by atoms with E-state index in [0.717, 1.165) is 151 Å². The maximum Gasteiger partial charge on any atom is 0.150 e. The molecule has 562 valence electrons. The van der Waals surface area contributed by atoms with E-state index in [-0.39, 0.29) is 0 Å². The summed E-state index contributed by atoms with van der Waals surface area (Å²) in [5.74, 6) is 44.1. The van der Waals surface area contributed by atoms with Crippen LogP contribution in [0.2, 0.25) is 0 Å². The molecule has 0 fully saturated rings. The van der Waals surface area contributed by atoms with Crippen LogP contribution in [0.15, 0.2) is 103 Å². The summed E-state index contributed by atoms with van der Waals surface area (Å²) < 4.78 is 0. The summed E-state index contributed by atoms with van der Waals surface area (Å²) >= 11 is 0. The minimum absolute atomic E-state index is 0.511. The number of carbonyl (C=O) groups excluding carboxylic acids is 2. The molecule has 0 aromatic heterocycles. The van der Waals surface area contributed by atoms with Crippen molar-refractivity contribution in [1.29, 1.82) is 0 Å². The van der Waals surface area contributed by atoms with Gasteiger partial charge >= 0.3 is 0 Å². The van der Waals surface area contributed by atoms with Crippen LogP contribution < -0.4 is 0 Å². The summed E-state index contributed by atoms with van der Waals surface area (Å²) in [6.07, 6.45) is 49.7. The van der Waals surface area contributed by atoms with Gasteiger partial charge in [0.15, 0.2) is 0 Å². The van der Waals surface area contributed by atoms with E-state index >= 15 is 0 Å². The maximum absolute atomic E-state index is 11.7. The zero-order chi connectivity index (χ0) is 76.1. The van der Waals surface area contributed by atoms with Gasteiger partial charge < -0.3 is 0 Å². The normalized spacial score (nSPS) is 12.6. The summed E-state index contributed by atoms with van der Waals surface area (Å²) in [5, 5.41) is 0. The Bertz CT molecular complexity index is 3810. The molecule has 0 aliphatic rings. The van der Waals surface area contributed by atoms with E-state index in [1.165, 1.54) is 187 Å². The average molecular weight is 1420 g/mol. The first kappa shape index (κ1) is 86.9. The lowest BCUT2D eigenvalue weighted by Crippen LogP contribution is -2.09. The molecule has 0 bridgehead atoms. The number of rotatable bonds is 44. The Balaban J connectivity index is 1.70. The summed E-state index contributed by atoms with van der Waals surface area (Å²) in [6.45, 7) is 27.9. The molecule has 0 N–H and O–H groups in total. The van der Waals surface area contributed by atoms with Crippen molar-refractivity contribution in [3.05, 3.63) is 209 Å². The highest BCUT2D eigenvalue weighted by atomic mass is 16.1. The first-order valence-corrected chi connectivity index (χ1v) is 42.6. The fraction of sp³-hybridized carbons (Fsp3) is 0.519. The van der Waals surface area contributed by atoms with Gasteiger partial charge in [0.1, 0.15) is 12.6 Å². The van der Waals surface area contributed by atoms with Crippen LogP contribution >= 0.6 is 0 Å². The number of hydrogen-bond donors (Lipinski definition) is 0. The van der Waals surface area contributed by atoms with Crippen molar-refractivity contribution in [2.75, 3.05) is 0 Å². The van der Waals surface area contributed by atoms with E-state index in [4.69, 9.17) is 6.42 Å². The molecule has 6 atom stereocenters. The number of terminal acetylenes is 1. The van der Waals surface area contributed by atoms with E-state index in [1.807, 2.05) is 48.5 Å². The molecular weight excluding hydrogens is 1280 g/mol. The van der Waals surface area contributed by atoms with Gasteiger partial charge in [-0.15, -0.1) is 6.42 Å². The van der Waals surface area contributed by atoms with E-state index in [9.17, 15) is 9.59 Å². The van der Waals surface area contributed by atoms with Crippen LogP contribution in [-0.4, -0.2) is 12.6 Å². The van der Waals surface area contributed by atoms with Gasteiger partial charge in [0, 0.05) is 72.3 Å². The van der Waals surface area contributed by atoms with Crippen molar-refractivity contribution < 1.29 is 9.59 Å². The molecule has 0 saturated heterocycles. The fourth-order valence-corrected chi connectivity index (χ4v) is 15.3. The molecule has 6 unspecified atom stereocenters. The number of hydrogen-bond acceptors (Lipinski definition) is 2. The third kappa shape index (κ3) is 30.3. The molecule has 106 heavy (non-hydrogen) atoms. The van der Waals surface area contributed by atoms with Crippen molar-refractivity contribution in [3.63, 3.8) is 0 Å². The highest BCUT2D eigenvalue weighted by Crippen LogP contribution is 2.33. The zero-order valence-corrected chi connectivity index (χ0v) is 68.3. The highest BCUT2D eigenvalue weighted by molar-refractivity contribution is 5.75. The molecule has 0 aliphatic heterocycles. The van der Waals surface area contributed by atoms with Gasteiger partial charge in [0.25, 0.3) is 0 Å². The minimum atomic E-state index is 0.511. The molecular formula is C104H134O2. The Morgan fingerprint density at radius 1 is 0.255 bits per heavy atom. The number of unbranched alkanes of at least 4 members (excludes halogenated alkanes) is 12. The van der Waals surface area contributed by atoms with Gasteiger partial charge in [0.05, 0.1) is 0 Å².